The van der Waals surface area contributed by atoms with E-state index in [9.17, 15) is 13.6 Å². The number of morpholine rings is 1. The first-order valence-corrected chi connectivity index (χ1v) is 8.67. The topological polar surface area (TPSA) is 79.4 Å². The molecule has 1 aromatic carbocycles. The molecular formula is C18H21F2N5O2. The SMILES string of the molecule is Cc1cc(C(=O)NCCN2CCOCC2)nc(Nc2ccc(F)c(F)c2)n1. The van der Waals surface area contributed by atoms with Gasteiger partial charge in [-0.1, -0.05) is 0 Å². The molecule has 3 rings (SSSR count). The average molecular weight is 377 g/mol. The lowest BCUT2D eigenvalue weighted by Gasteiger charge is -2.26. The molecule has 1 amide bonds. The minimum Gasteiger partial charge on any atom is -0.379 e. The van der Waals surface area contributed by atoms with Gasteiger partial charge < -0.3 is 15.4 Å². The van der Waals surface area contributed by atoms with Crippen LogP contribution in [-0.2, 0) is 4.74 Å². The fourth-order valence-electron chi connectivity index (χ4n) is 2.69. The maximum Gasteiger partial charge on any atom is 0.270 e. The summed E-state index contributed by atoms with van der Waals surface area (Å²) in [5.41, 5.74) is 1.07. The van der Waals surface area contributed by atoms with Crippen molar-refractivity contribution in [3.8, 4) is 0 Å². The summed E-state index contributed by atoms with van der Waals surface area (Å²) in [6.07, 6.45) is 0. The van der Waals surface area contributed by atoms with Crippen LogP contribution in [0.3, 0.4) is 0 Å². The summed E-state index contributed by atoms with van der Waals surface area (Å²) in [6, 6.07) is 4.95. The number of rotatable bonds is 6. The third kappa shape index (κ3) is 5.41. The molecule has 0 atom stereocenters. The molecular weight excluding hydrogens is 356 g/mol. The summed E-state index contributed by atoms with van der Waals surface area (Å²) in [7, 11) is 0. The Kier molecular flexibility index (Phi) is 6.25. The first-order chi connectivity index (χ1) is 13.0. The van der Waals surface area contributed by atoms with Crippen LogP contribution in [0, 0.1) is 18.6 Å². The number of nitrogens with zero attached hydrogens (tertiary/aromatic N) is 3. The summed E-state index contributed by atoms with van der Waals surface area (Å²) in [5, 5.41) is 5.62. The van der Waals surface area contributed by atoms with Crippen molar-refractivity contribution in [2.45, 2.75) is 6.92 Å². The summed E-state index contributed by atoms with van der Waals surface area (Å²) in [5.74, 6) is -2.10. The fraction of sp³-hybridized carbons (Fsp3) is 0.389. The zero-order chi connectivity index (χ0) is 19.2. The van der Waals surface area contributed by atoms with Crippen molar-refractivity contribution in [2.24, 2.45) is 0 Å². The highest BCUT2D eigenvalue weighted by Gasteiger charge is 2.13. The Bertz CT molecular complexity index is 812. The number of anilines is 2. The number of carbonyl (C=O) groups is 1. The molecule has 2 N–H and O–H groups in total. The van der Waals surface area contributed by atoms with E-state index in [0.717, 1.165) is 31.8 Å². The van der Waals surface area contributed by atoms with Gasteiger partial charge in [0.2, 0.25) is 5.95 Å². The van der Waals surface area contributed by atoms with Crippen LogP contribution in [0.25, 0.3) is 0 Å². The second-order valence-corrected chi connectivity index (χ2v) is 6.18. The molecule has 1 fully saturated rings. The zero-order valence-electron chi connectivity index (χ0n) is 15.0. The molecule has 0 unspecified atom stereocenters. The van der Waals surface area contributed by atoms with E-state index in [-0.39, 0.29) is 23.2 Å². The van der Waals surface area contributed by atoms with Gasteiger partial charge in [0.15, 0.2) is 11.6 Å². The Hall–Kier alpha value is -2.65. The standard InChI is InChI=1S/C18H21F2N5O2/c1-12-10-16(17(26)21-4-5-25-6-8-27-9-7-25)24-18(22-12)23-13-2-3-14(19)15(20)11-13/h2-3,10-11H,4-9H2,1H3,(H,21,26)(H,22,23,24). The number of carbonyl (C=O) groups excluding carboxylic acids is 1. The molecule has 7 nitrogen and oxygen atoms in total. The van der Waals surface area contributed by atoms with E-state index < -0.39 is 11.6 Å². The quantitative estimate of drug-likeness (QED) is 0.800. The normalized spacial score (nSPS) is 14.8. The second kappa shape index (κ2) is 8.83. The van der Waals surface area contributed by atoms with Crippen LogP contribution in [0.15, 0.2) is 24.3 Å². The van der Waals surface area contributed by atoms with Crippen molar-refractivity contribution in [1.82, 2.24) is 20.2 Å². The number of hydrogen-bond acceptors (Lipinski definition) is 6. The van der Waals surface area contributed by atoms with Crippen molar-refractivity contribution >= 4 is 17.5 Å². The maximum absolute atomic E-state index is 13.3. The van der Waals surface area contributed by atoms with Crippen LogP contribution < -0.4 is 10.6 Å². The molecule has 0 radical (unpaired) electrons. The molecule has 1 aliphatic rings. The van der Waals surface area contributed by atoms with Gasteiger partial charge in [-0.25, -0.2) is 18.7 Å². The molecule has 9 heteroatoms. The van der Waals surface area contributed by atoms with Crippen molar-refractivity contribution in [1.29, 1.82) is 0 Å². The largest absolute Gasteiger partial charge is 0.379 e. The third-order valence-electron chi connectivity index (χ3n) is 4.08. The number of benzene rings is 1. The molecule has 2 aromatic rings. The number of halogens is 2. The van der Waals surface area contributed by atoms with Gasteiger partial charge in [0.05, 0.1) is 13.2 Å². The van der Waals surface area contributed by atoms with Gasteiger partial charge in [0.1, 0.15) is 5.69 Å². The van der Waals surface area contributed by atoms with E-state index in [1.54, 1.807) is 13.0 Å². The van der Waals surface area contributed by atoms with Crippen LogP contribution in [0.1, 0.15) is 16.2 Å². The highest BCUT2D eigenvalue weighted by atomic mass is 19.2. The Balaban J connectivity index is 1.61. The van der Waals surface area contributed by atoms with Gasteiger partial charge in [0.25, 0.3) is 5.91 Å². The molecule has 0 spiro atoms. The zero-order valence-corrected chi connectivity index (χ0v) is 15.0. The van der Waals surface area contributed by atoms with Gasteiger partial charge >= 0.3 is 0 Å². The van der Waals surface area contributed by atoms with E-state index >= 15 is 0 Å². The van der Waals surface area contributed by atoms with Crippen molar-refractivity contribution in [3.05, 3.63) is 47.3 Å². The van der Waals surface area contributed by atoms with Gasteiger partial charge in [-0.15, -0.1) is 0 Å². The molecule has 27 heavy (non-hydrogen) atoms. The summed E-state index contributed by atoms with van der Waals surface area (Å²) >= 11 is 0. The molecule has 0 aliphatic carbocycles. The number of aryl methyl sites for hydroxylation is 1. The Labute approximate surface area is 155 Å². The smallest absolute Gasteiger partial charge is 0.270 e. The number of hydrogen-bond donors (Lipinski definition) is 2. The van der Waals surface area contributed by atoms with E-state index in [1.165, 1.54) is 6.07 Å². The molecule has 1 saturated heterocycles. The van der Waals surface area contributed by atoms with Crippen LogP contribution >= 0.6 is 0 Å². The third-order valence-corrected chi connectivity index (χ3v) is 4.08. The van der Waals surface area contributed by atoms with E-state index in [4.69, 9.17) is 4.74 Å². The number of nitrogens with one attached hydrogen (secondary N) is 2. The Morgan fingerprint density at radius 2 is 1.96 bits per heavy atom. The first-order valence-electron chi connectivity index (χ1n) is 8.67. The van der Waals surface area contributed by atoms with E-state index in [0.29, 0.717) is 25.5 Å². The Morgan fingerprint density at radius 3 is 2.70 bits per heavy atom. The van der Waals surface area contributed by atoms with Crippen molar-refractivity contribution in [2.75, 3.05) is 44.7 Å². The lowest BCUT2D eigenvalue weighted by Crippen LogP contribution is -2.41. The molecule has 1 aromatic heterocycles. The lowest BCUT2D eigenvalue weighted by molar-refractivity contribution is 0.0383. The number of amides is 1. The molecule has 144 valence electrons. The van der Waals surface area contributed by atoms with Gasteiger partial charge in [0, 0.05) is 43.6 Å². The molecule has 0 saturated carbocycles. The van der Waals surface area contributed by atoms with Gasteiger partial charge in [-0.2, -0.15) is 0 Å². The molecule has 0 bridgehead atoms. The predicted molar refractivity (Wildman–Crippen MR) is 96.0 cm³/mol. The minimum absolute atomic E-state index is 0.138. The number of aromatic nitrogens is 2. The Morgan fingerprint density at radius 1 is 1.19 bits per heavy atom. The predicted octanol–water partition coefficient (Wildman–Crippen LogP) is 1.87. The van der Waals surface area contributed by atoms with Crippen molar-refractivity contribution < 1.29 is 18.3 Å². The molecule has 1 aliphatic heterocycles. The van der Waals surface area contributed by atoms with Crippen LogP contribution in [0.2, 0.25) is 0 Å². The molecule has 2 heterocycles. The van der Waals surface area contributed by atoms with Crippen molar-refractivity contribution in [3.63, 3.8) is 0 Å². The highest BCUT2D eigenvalue weighted by molar-refractivity contribution is 5.92. The van der Waals surface area contributed by atoms with Gasteiger partial charge in [-0.3, -0.25) is 9.69 Å². The minimum atomic E-state index is -0.978. The summed E-state index contributed by atoms with van der Waals surface area (Å²) in [4.78, 5) is 22.9. The summed E-state index contributed by atoms with van der Waals surface area (Å²) < 4.78 is 31.6. The van der Waals surface area contributed by atoms with Crippen LogP contribution in [0.4, 0.5) is 20.4 Å². The average Bonchev–Trinajstić information content (AvgIpc) is 2.65. The maximum atomic E-state index is 13.3. The van der Waals surface area contributed by atoms with E-state index in [1.807, 2.05) is 0 Å². The monoisotopic (exact) mass is 377 g/mol. The summed E-state index contributed by atoms with van der Waals surface area (Å²) in [6.45, 7) is 6.07. The van der Waals surface area contributed by atoms with Crippen LogP contribution in [0.5, 0.6) is 0 Å². The van der Waals surface area contributed by atoms with Gasteiger partial charge in [-0.05, 0) is 25.1 Å². The first kappa shape index (κ1) is 19.1. The number of ether oxygens (including phenoxy) is 1. The lowest BCUT2D eigenvalue weighted by atomic mass is 10.3. The highest BCUT2D eigenvalue weighted by Crippen LogP contribution is 2.17. The second-order valence-electron chi connectivity index (χ2n) is 6.18. The van der Waals surface area contributed by atoms with E-state index in [2.05, 4.69) is 25.5 Å². The fourth-order valence-corrected chi connectivity index (χ4v) is 2.69. The van der Waals surface area contributed by atoms with Crippen LogP contribution in [-0.4, -0.2) is 60.2 Å².